The van der Waals surface area contributed by atoms with Crippen LogP contribution in [0.5, 0.6) is 0 Å². The van der Waals surface area contributed by atoms with Gasteiger partial charge in [-0.25, -0.2) is 0 Å². The highest BCUT2D eigenvalue weighted by atomic mass is 16.8. The van der Waals surface area contributed by atoms with Crippen LogP contribution < -0.4 is 0 Å². The molecule has 5 aliphatic carbocycles. The van der Waals surface area contributed by atoms with Gasteiger partial charge >= 0.3 is 0 Å². The maximum Gasteiger partial charge on any atom is 0.187 e. The van der Waals surface area contributed by atoms with Crippen molar-refractivity contribution in [2.24, 2.45) is 50.2 Å². The van der Waals surface area contributed by atoms with Crippen molar-refractivity contribution in [1.82, 2.24) is 0 Å². The lowest BCUT2D eigenvalue weighted by Crippen LogP contribution is -2.67. The number of hydrogen-bond acceptors (Lipinski definition) is 17. The summed E-state index contributed by atoms with van der Waals surface area (Å²) in [5.41, 5.74) is 0.0788. The normalized spacial score (nSPS) is 55.2. The minimum absolute atomic E-state index is 0.0134. The molecule has 8 rings (SSSR count). The summed E-state index contributed by atoms with van der Waals surface area (Å²) in [4.78, 5) is 0. The van der Waals surface area contributed by atoms with Crippen molar-refractivity contribution in [2.75, 3.05) is 19.8 Å². The maximum absolute atomic E-state index is 12.1. The summed E-state index contributed by atoms with van der Waals surface area (Å²) in [6.07, 6.45) is -14.1. The Bertz CT molecular complexity index is 1730. The van der Waals surface area contributed by atoms with Crippen molar-refractivity contribution in [2.45, 2.75) is 218 Å². The van der Waals surface area contributed by atoms with E-state index in [1.54, 1.807) is 0 Å². The largest absolute Gasteiger partial charge is 0.396 e. The van der Waals surface area contributed by atoms with Crippen molar-refractivity contribution >= 4 is 0 Å². The molecular formula is C48H80O17. The van der Waals surface area contributed by atoms with Gasteiger partial charge in [0.2, 0.25) is 0 Å². The van der Waals surface area contributed by atoms with Crippen molar-refractivity contribution in [3.63, 3.8) is 0 Å². The number of ether oxygens (including phenoxy) is 6. The summed E-state index contributed by atoms with van der Waals surface area (Å²) in [6.45, 7) is 16.5. The van der Waals surface area contributed by atoms with E-state index in [-0.39, 0.29) is 40.1 Å². The SMILES string of the molecule is C[C@@H]1O[C@@H](O[C@H]2[C@H](O)[C@@H](O)[C@H](O[C@@H]3CC[C@]4(C)[C@H](CC[C@@]5(C)[C@H]4CC=C4[C@H]6CC(C)(C)CC[C@@]6(CO)[C@H](O)C[C@@]45C)C3(C)C)O[C@@H]2CO[C@H]2O[C@@H](CO)[C@H](O)[C@@H](O)[C@@H]2O)[C@H](O)[C@H](O)[C@H]1O. The summed E-state index contributed by atoms with van der Waals surface area (Å²) >= 11 is 0. The van der Waals surface area contributed by atoms with Crippen LogP contribution in [-0.2, 0) is 28.4 Å². The molecule has 3 aliphatic heterocycles. The summed E-state index contributed by atoms with van der Waals surface area (Å²) in [7, 11) is 0. The number of fused-ring (bicyclic) bond motifs is 7. The molecule has 374 valence electrons. The molecule has 17 nitrogen and oxygen atoms in total. The molecule has 0 aromatic heterocycles. The van der Waals surface area contributed by atoms with Crippen LogP contribution >= 0.6 is 0 Å². The molecule has 0 radical (unpaired) electrons. The van der Waals surface area contributed by atoms with Crippen LogP contribution in [0.4, 0.5) is 0 Å². The Morgan fingerprint density at radius 2 is 1.26 bits per heavy atom. The molecule has 24 atom stereocenters. The van der Waals surface area contributed by atoms with Crippen molar-refractivity contribution < 1.29 is 84.6 Å². The second-order valence-electron chi connectivity index (χ2n) is 23.6. The predicted molar refractivity (Wildman–Crippen MR) is 230 cm³/mol. The lowest BCUT2D eigenvalue weighted by Gasteiger charge is -2.72. The second kappa shape index (κ2) is 17.7. The molecule has 17 heteroatoms. The molecule has 4 saturated carbocycles. The highest BCUT2D eigenvalue weighted by molar-refractivity contribution is 5.35. The number of allylic oxidation sites excluding steroid dienone is 2. The monoisotopic (exact) mass is 929 g/mol. The molecule has 7 fully saturated rings. The molecule has 0 amide bonds. The first-order valence-electron chi connectivity index (χ1n) is 24.3. The highest BCUT2D eigenvalue weighted by Gasteiger charge is 2.70. The topological polar surface area (TPSA) is 278 Å². The molecule has 3 saturated heterocycles. The Morgan fingerprint density at radius 1 is 0.631 bits per heavy atom. The van der Waals surface area contributed by atoms with Gasteiger partial charge in [-0.3, -0.25) is 0 Å². The van der Waals surface area contributed by atoms with E-state index in [0.717, 1.165) is 44.9 Å². The van der Waals surface area contributed by atoms with Crippen LogP contribution in [0.2, 0.25) is 0 Å². The lowest BCUT2D eigenvalue weighted by molar-refractivity contribution is -0.373. The fourth-order valence-electron chi connectivity index (χ4n) is 15.1. The quantitative estimate of drug-likeness (QED) is 0.112. The van der Waals surface area contributed by atoms with Crippen LogP contribution in [0, 0.1) is 50.2 Å². The van der Waals surface area contributed by atoms with Crippen LogP contribution in [0.1, 0.15) is 113 Å². The third-order valence-electron chi connectivity index (χ3n) is 19.4. The molecule has 3 heterocycles. The van der Waals surface area contributed by atoms with Crippen molar-refractivity contribution in [3.8, 4) is 0 Å². The zero-order chi connectivity index (χ0) is 47.6. The summed E-state index contributed by atoms with van der Waals surface area (Å²) < 4.78 is 36.3. The number of hydrogen-bond donors (Lipinski definition) is 11. The minimum atomic E-state index is -1.76. The molecule has 8 aliphatic rings. The molecule has 0 spiro atoms. The van der Waals surface area contributed by atoms with E-state index >= 15 is 0 Å². The first-order valence-corrected chi connectivity index (χ1v) is 24.3. The van der Waals surface area contributed by atoms with Gasteiger partial charge < -0.3 is 84.6 Å². The second-order valence-corrected chi connectivity index (χ2v) is 23.6. The van der Waals surface area contributed by atoms with Crippen LogP contribution in [0.25, 0.3) is 0 Å². The molecule has 0 aromatic carbocycles. The van der Waals surface area contributed by atoms with Gasteiger partial charge in [-0.15, -0.1) is 0 Å². The average molecular weight is 929 g/mol. The Balaban J connectivity index is 1.03. The Hall–Kier alpha value is -0.940. The molecule has 0 aromatic rings. The zero-order valence-corrected chi connectivity index (χ0v) is 39.5. The first-order chi connectivity index (χ1) is 30.3. The van der Waals surface area contributed by atoms with Gasteiger partial charge in [0.1, 0.15) is 67.1 Å². The Kier molecular flexibility index (Phi) is 13.8. The lowest BCUT2D eigenvalue weighted by atomic mass is 9.33. The van der Waals surface area contributed by atoms with E-state index in [1.807, 2.05) is 0 Å². The highest BCUT2D eigenvalue weighted by Crippen LogP contribution is 2.76. The smallest absolute Gasteiger partial charge is 0.187 e. The van der Waals surface area contributed by atoms with Crippen molar-refractivity contribution in [3.05, 3.63) is 11.6 Å². The predicted octanol–water partition coefficient (Wildman–Crippen LogP) is 0.612. The average Bonchev–Trinajstić information content (AvgIpc) is 3.24. The summed E-state index contributed by atoms with van der Waals surface area (Å²) in [5, 5.41) is 119. The molecule has 0 unspecified atom stereocenters. The van der Waals surface area contributed by atoms with E-state index in [2.05, 4.69) is 54.5 Å². The van der Waals surface area contributed by atoms with E-state index in [1.165, 1.54) is 12.5 Å². The standard InChI is InChI=1S/C48H80O17/c1-22-31(52)33(54)37(58)41(61-22)65-39-26(20-60-40-36(57)34(55)32(53)25(19-49)62-40)63-42(38(59)35(39)56)64-30-12-13-45(6)27(44(30,4)5)11-14-46(7)28(45)10-9-23-24-17-43(2,3)15-16-48(24,21-50)29(51)18-47(23,46)8/h9,22,24-42,49-59H,10-21H2,1-8H3/t22-,24+,25-,26+,27+,28-,29+,30+,31-,32-,33+,34+,35+,36-,37+,38+,39+,40-,41-,42-,45+,46-,47-,48-/m0/s1. The number of aliphatic hydroxyl groups excluding tert-OH is 11. The number of rotatable bonds is 9. The van der Waals surface area contributed by atoms with E-state index < -0.39 is 128 Å². The summed E-state index contributed by atoms with van der Waals surface area (Å²) in [5.74, 6) is 0.601. The zero-order valence-electron chi connectivity index (χ0n) is 39.5. The van der Waals surface area contributed by atoms with Gasteiger partial charge in [-0.1, -0.05) is 60.1 Å². The van der Waals surface area contributed by atoms with Gasteiger partial charge in [0.15, 0.2) is 18.9 Å². The van der Waals surface area contributed by atoms with Gasteiger partial charge in [-0.2, -0.15) is 0 Å². The fourth-order valence-corrected chi connectivity index (χ4v) is 15.1. The van der Waals surface area contributed by atoms with Gasteiger partial charge in [-0.05, 0) is 110 Å². The van der Waals surface area contributed by atoms with Crippen molar-refractivity contribution in [1.29, 1.82) is 0 Å². The van der Waals surface area contributed by atoms with E-state index in [9.17, 15) is 56.2 Å². The van der Waals surface area contributed by atoms with E-state index in [0.29, 0.717) is 18.8 Å². The fraction of sp³-hybridized carbons (Fsp3) is 0.958. The van der Waals surface area contributed by atoms with Gasteiger partial charge in [0.25, 0.3) is 0 Å². The summed E-state index contributed by atoms with van der Waals surface area (Å²) in [6, 6.07) is 0. The molecule has 11 N–H and O–H groups in total. The Morgan fingerprint density at radius 3 is 1.94 bits per heavy atom. The maximum atomic E-state index is 12.1. The third-order valence-corrected chi connectivity index (χ3v) is 19.4. The third kappa shape index (κ3) is 7.94. The molecule has 65 heavy (non-hydrogen) atoms. The van der Waals surface area contributed by atoms with Crippen LogP contribution in [0.15, 0.2) is 11.6 Å². The first kappa shape index (κ1) is 50.4. The molecular weight excluding hydrogens is 849 g/mol. The van der Waals surface area contributed by atoms with Gasteiger partial charge in [0.05, 0.1) is 38.1 Å². The van der Waals surface area contributed by atoms with Gasteiger partial charge in [0, 0.05) is 5.41 Å². The van der Waals surface area contributed by atoms with E-state index in [4.69, 9.17) is 28.4 Å². The van der Waals surface area contributed by atoms with Crippen LogP contribution in [0.3, 0.4) is 0 Å². The number of aliphatic hydroxyl groups is 11. The minimum Gasteiger partial charge on any atom is -0.396 e. The molecule has 0 bridgehead atoms. The van der Waals surface area contributed by atoms with Crippen LogP contribution in [-0.4, -0.2) is 180 Å². The Labute approximate surface area is 383 Å².